The summed E-state index contributed by atoms with van der Waals surface area (Å²) in [6.45, 7) is 0. The first-order valence-electron chi connectivity index (χ1n) is 5.45. The summed E-state index contributed by atoms with van der Waals surface area (Å²) < 4.78 is 1.62. The fraction of sp³-hybridized carbons (Fsp3) is 0. The van der Waals surface area contributed by atoms with Crippen LogP contribution in [0.15, 0.2) is 60.7 Å². The zero-order chi connectivity index (χ0) is 13.7. The molecule has 0 saturated heterocycles. The molecule has 0 unspecified atom stereocenters. The van der Waals surface area contributed by atoms with Gasteiger partial charge in [0.25, 0.3) is 0 Å². The van der Waals surface area contributed by atoms with Gasteiger partial charge in [-0.05, 0) is 0 Å². The summed E-state index contributed by atoms with van der Waals surface area (Å²) in [5.41, 5.74) is 1.36. The summed E-state index contributed by atoms with van der Waals surface area (Å²) in [5, 5.41) is 0. The topological polar surface area (TPSA) is 20.3 Å². The fourth-order valence-corrected chi connectivity index (χ4v) is 3.21. The van der Waals surface area contributed by atoms with E-state index < -0.39 is 13.5 Å². The van der Waals surface area contributed by atoms with Gasteiger partial charge in [-0.15, -0.1) is 0 Å². The van der Waals surface area contributed by atoms with Crippen LogP contribution < -0.4 is 4.90 Å². The molecular formula is C14H11Cl2NORu. The Kier molecular flexibility index (Phi) is 5.27. The van der Waals surface area contributed by atoms with Gasteiger partial charge in [-0.1, -0.05) is 0 Å². The predicted molar refractivity (Wildman–Crippen MR) is 77.5 cm³/mol. The monoisotopic (exact) mass is 381 g/mol. The average Bonchev–Trinajstić information content (AvgIpc) is 2.46. The first-order chi connectivity index (χ1) is 9.18. The van der Waals surface area contributed by atoms with Gasteiger partial charge in [-0.25, -0.2) is 0 Å². The van der Waals surface area contributed by atoms with Crippen molar-refractivity contribution in [1.29, 1.82) is 0 Å². The molecular weight excluding hydrogens is 370 g/mol. The Morgan fingerprint density at radius 1 is 0.947 bits per heavy atom. The van der Waals surface area contributed by atoms with Crippen LogP contribution in [0, 0.1) is 0 Å². The Bertz CT molecular complexity index is 583. The Balaban J connectivity index is 2.40. The molecule has 0 atom stereocenters. The van der Waals surface area contributed by atoms with E-state index in [1.807, 2.05) is 48.5 Å². The Morgan fingerprint density at radius 3 is 2.00 bits per heavy atom. The maximum atomic E-state index is 12.5. The molecule has 0 spiro atoms. The molecule has 2 aromatic carbocycles. The summed E-state index contributed by atoms with van der Waals surface area (Å²) in [5.74, 6) is -0.133. The van der Waals surface area contributed by atoms with Crippen LogP contribution in [0.2, 0.25) is 0 Å². The third-order valence-electron chi connectivity index (χ3n) is 2.43. The van der Waals surface area contributed by atoms with Gasteiger partial charge in [-0.2, -0.15) is 0 Å². The molecule has 0 aliphatic carbocycles. The zero-order valence-electron chi connectivity index (χ0n) is 9.82. The normalized spacial score (nSPS) is 10.7. The number of carbonyl (C=O) groups excluding carboxylic acids is 1. The second-order valence-corrected chi connectivity index (χ2v) is 9.34. The van der Waals surface area contributed by atoms with Crippen LogP contribution in [-0.4, -0.2) is 10.6 Å². The molecule has 0 heterocycles. The predicted octanol–water partition coefficient (Wildman–Crippen LogP) is 4.02. The van der Waals surface area contributed by atoms with Crippen molar-refractivity contribution in [2.45, 2.75) is 0 Å². The first-order valence-corrected chi connectivity index (χ1v) is 10.9. The van der Waals surface area contributed by atoms with Gasteiger partial charge in [0.15, 0.2) is 0 Å². The van der Waals surface area contributed by atoms with Crippen LogP contribution in [0.1, 0.15) is 10.4 Å². The molecule has 2 rings (SSSR count). The molecule has 2 aromatic rings. The number of carbonyl (C=O) groups is 1. The quantitative estimate of drug-likeness (QED) is 0.736. The van der Waals surface area contributed by atoms with E-state index in [4.69, 9.17) is 19.4 Å². The molecule has 5 heteroatoms. The Morgan fingerprint density at radius 2 is 1.47 bits per heavy atom. The number of anilines is 1. The Labute approximate surface area is 125 Å². The number of para-hydroxylation sites is 1. The van der Waals surface area contributed by atoms with Crippen molar-refractivity contribution in [2.24, 2.45) is 0 Å². The number of rotatable bonds is 3. The molecule has 2 nitrogen and oxygen atoms in total. The summed E-state index contributed by atoms with van der Waals surface area (Å²) in [6, 6.07) is 18.4. The molecule has 0 N–H and O–H groups in total. The van der Waals surface area contributed by atoms with Crippen molar-refractivity contribution in [1.82, 2.24) is 0 Å². The summed E-state index contributed by atoms with van der Waals surface area (Å²) in [7, 11) is 11.8. The van der Waals surface area contributed by atoms with E-state index in [0.29, 0.717) is 5.56 Å². The molecule has 0 aliphatic rings. The maximum absolute atomic E-state index is 12.5. The van der Waals surface area contributed by atoms with Crippen LogP contribution in [-0.2, 0) is 13.5 Å². The third-order valence-corrected chi connectivity index (χ3v) is 4.04. The van der Waals surface area contributed by atoms with Crippen molar-refractivity contribution >= 4 is 35.7 Å². The van der Waals surface area contributed by atoms with Gasteiger partial charge in [-0.3, -0.25) is 0 Å². The standard InChI is InChI=1S/C14H11NO.2ClH.Ru/c1-15(13-10-6-3-7-11-13)14(16)12-8-4-2-5-9-12;;;/h1-11H;2*1H;/q;;;+2/p-2. The van der Waals surface area contributed by atoms with Crippen LogP contribution in [0.4, 0.5) is 5.69 Å². The van der Waals surface area contributed by atoms with Crippen LogP contribution in [0.5, 0.6) is 0 Å². The van der Waals surface area contributed by atoms with E-state index in [2.05, 4.69) is 0 Å². The molecule has 1 amide bonds. The van der Waals surface area contributed by atoms with E-state index in [-0.39, 0.29) is 5.91 Å². The minimum absolute atomic E-state index is 0.133. The number of hydrogen-bond acceptors (Lipinski definition) is 1. The Hall–Kier alpha value is -1.02. The summed E-state index contributed by atoms with van der Waals surface area (Å²) in [6.07, 6.45) is 0. The van der Waals surface area contributed by atoms with Crippen LogP contribution in [0.3, 0.4) is 0 Å². The fourth-order valence-electron chi connectivity index (χ4n) is 1.59. The molecule has 0 radical (unpaired) electrons. The van der Waals surface area contributed by atoms with E-state index in [9.17, 15) is 4.79 Å². The van der Waals surface area contributed by atoms with Gasteiger partial charge in [0.05, 0.1) is 0 Å². The van der Waals surface area contributed by atoms with Crippen molar-refractivity contribution < 1.29 is 18.3 Å². The first kappa shape index (κ1) is 14.4. The van der Waals surface area contributed by atoms with Crippen molar-refractivity contribution in [3.63, 3.8) is 0 Å². The number of benzene rings is 2. The number of hydrogen-bond donors (Lipinski definition) is 0. The number of nitrogens with zero attached hydrogens (tertiary/aromatic N) is 1. The van der Waals surface area contributed by atoms with E-state index in [1.165, 1.54) is 4.90 Å². The van der Waals surface area contributed by atoms with E-state index in [0.717, 1.165) is 5.69 Å². The molecule has 0 aliphatic heterocycles. The second kappa shape index (κ2) is 6.95. The SMILES string of the molecule is O=C(c1ccccc1)N([CH]=[Ru]([Cl])[Cl])c1ccccc1. The minimum atomic E-state index is -2.09. The summed E-state index contributed by atoms with van der Waals surface area (Å²) in [4.78, 5) is 14.0. The number of halogens is 2. The van der Waals surface area contributed by atoms with Gasteiger partial charge < -0.3 is 0 Å². The second-order valence-electron chi connectivity index (χ2n) is 3.67. The molecule has 0 saturated carbocycles. The molecule has 0 aromatic heterocycles. The molecule has 100 valence electrons. The molecule has 0 bridgehead atoms. The van der Waals surface area contributed by atoms with Crippen molar-refractivity contribution in [3.8, 4) is 0 Å². The molecule has 0 fully saturated rings. The molecule has 19 heavy (non-hydrogen) atoms. The van der Waals surface area contributed by atoms with Crippen LogP contribution in [0.25, 0.3) is 0 Å². The number of amides is 1. The van der Waals surface area contributed by atoms with Gasteiger partial charge >= 0.3 is 125 Å². The van der Waals surface area contributed by atoms with Crippen LogP contribution >= 0.6 is 19.4 Å². The van der Waals surface area contributed by atoms with Gasteiger partial charge in [0, 0.05) is 0 Å². The van der Waals surface area contributed by atoms with Gasteiger partial charge in [0.2, 0.25) is 0 Å². The van der Waals surface area contributed by atoms with E-state index >= 15 is 0 Å². The van der Waals surface area contributed by atoms with Gasteiger partial charge in [0.1, 0.15) is 0 Å². The van der Waals surface area contributed by atoms with Crippen molar-refractivity contribution in [2.75, 3.05) is 4.90 Å². The van der Waals surface area contributed by atoms with E-state index in [1.54, 1.807) is 16.9 Å². The average molecular weight is 381 g/mol. The third kappa shape index (κ3) is 3.97. The van der Waals surface area contributed by atoms with Crippen molar-refractivity contribution in [3.05, 3.63) is 66.2 Å². The summed E-state index contributed by atoms with van der Waals surface area (Å²) >= 11 is -2.09. The zero-order valence-corrected chi connectivity index (χ0v) is 13.1.